The lowest BCUT2D eigenvalue weighted by Gasteiger charge is -2.34. The Labute approximate surface area is 222 Å². The van der Waals surface area contributed by atoms with Crippen molar-refractivity contribution in [3.05, 3.63) is 33.4 Å². The number of ether oxygens (including phenoxy) is 2. The van der Waals surface area contributed by atoms with E-state index in [4.69, 9.17) is 9.47 Å². The van der Waals surface area contributed by atoms with Crippen LogP contribution >= 0.6 is 11.3 Å². The molecule has 0 radical (unpaired) electrons. The number of alkyl carbamates (subject to hydrolysis) is 1. The molecule has 204 valence electrons. The monoisotopic (exact) mass is 534 g/mol. The smallest absolute Gasteiger partial charge is 0.412 e. The van der Waals surface area contributed by atoms with Crippen LogP contribution in [0.15, 0.2) is 22.7 Å². The zero-order valence-corrected chi connectivity index (χ0v) is 23.1. The fourth-order valence-electron chi connectivity index (χ4n) is 4.76. The second-order valence-corrected chi connectivity index (χ2v) is 11.8. The number of aromatic nitrogens is 1. The topological polar surface area (TPSA) is 135 Å². The zero-order chi connectivity index (χ0) is 27.5. The number of ketones is 1. The maximum atomic E-state index is 13.2. The molecular weight excluding hydrogens is 496 g/mol. The number of thiazole rings is 1. The van der Waals surface area contributed by atoms with Gasteiger partial charge in [-0.1, -0.05) is 27.7 Å². The molecule has 1 amide bonds. The predicted molar refractivity (Wildman–Crippen MR) is 139 cm³/mol. The summed E-state index contributed by atoms with van der Waals surface area (Å²) < 4.78 is 11.2. The fourth-order valence-corrected chi connectivity index (χ4v) is 5.34. The molecular formula is C27H38N2O7S. The highest BCUT2D eigenvalue weighted by Crippen LogP contribution is 2.33. The van der Waals surface area contributed by atoms with Crippen molar-refractivity contribution in [1.82, 2.24) is 10.3 Å². The summed E-state index contributed by atoms with van der Waals surface area (Å²) in [5, 5.41) is 27.2. The lowest BCUT2D eigenvalue weighted by molar-refractivity contribution is -0.152. The van der Waals surface area contributed by atoms with Gasteiger partial charge in [-0.15, -0.1) is 11.3 Å². The van der Waals surface area contributed by atoms with Crippen LogP contribution < -0.4 is 5.32 Å². The van der Waals surface area contributed by atoms with Crippen molar-refractivity contribution in [2.75, 3.05) is 0 Å². The normalized spacial score (nSPS) is 33.6. The van der Waals surface area contributed by atoms with Gasteiger partial charge >= 0.3 is 12.1 Å². The quantitative estimate of drug-likeness (QED) is 0.486. The number of carbonyl (C=O) groups excluding carboxylic acids is 3. The molecule has 0 aliphatic carbocycles. The van der Waals surface area contributed by atoms with Crippen molar-refractivity contribution < 1.29 is 34.1 Å². The highest BCUT2D eigenvalue weighted by Gasteiger charge is 2.42. The van der Waals surface area contributed by atoms with E-state index in [0.29, 0.717) is 30.5 Å². The van der Waals surface area contributed by atoms with Gasteiger partial charge in [0.2, 0.25) is 0 Å². The van der Waals surface area contributed by atoms with Crippen LogP contribution in [0.3, 0.4) is 0 Å². The lowest BCUT2D eigenvalue weighted by Crippen LogP contribution is -2.45. The minimum Gasteiger partial charge on any atom is -0.453 e. The van der Waals surface area contributed by atoms with Gasteiger partial charge in [0.1, 0.15) is 18.0 Å². The van der Waals surface area contributed by atoms with Crippen molar-refractivity contribution in [1.29, 1.82) is 0 Å². The first-order chi connectivity index (χ1) is 17.3. The number of amides is 1. The van der Waals surface area contributed by atoms with Gasteiger partial charge < -0.3 is 19.7 Å². The molecule has 37 heavy (non-hydrogen) atoms. The number of carbonyl (C=O) groups is 3. The van der Waals surface area contributed by atoms with Gasteiger partial charge in [-0.05, 0) is 56.8 Å². The first-order valence-electron chi connectivity index (χ1n) is 12.7. The molecule has 3 N–H and O–H groups in total. The van der Waals surface area contributed by atoms with Crippen LogP contribution in [0.1, 0.15) is 71.0 Å². The Morgan fingerprint density at radius 3 is 2.54 bits per heavy atom. The number of hydrogen-bond donors (Lipinski definition) is 3. The molecule has 0 aromatic carbocycles. The molecule has 0 spiro atoms. The standard InChI is InChI=1S/C27H38N2O7S/c1-14-8-7-9-20-19(29-26(34)36-20)11-21(15(2)10-18-13-37-17(4)28-18)35-23(31)12-22(30)27(5,6)25(33)16(3)24(14)32/h10-11,13-14,16,20-22,24,30,32H,7-9,12H2,1-6H3,(H,29,34)/b15-10+,19-11-/t14?,16?,20?,21-,22?,24-/m0/s1. The van der Waals surface area contributed by atoms with E-state index >= 15 is 0 Å². The van der Waals surface area contributed by atoms with Crippen molar-refractivity contribution in [2.45, 2.75) is 91.6 Å². The Kier molecular flexibility index (Phi) is 9.31. The van der Waals surface area contributed by atoms with Gasteiger partial charge in [0.25, 0.3) is 0 Å². The lowest BCUT2D eigenvalue weighted by atomic mass is 9.73. The number of aliphatic hydroxyl groups is 2. The van der Waals surface area contributed by atoms with Crippen molar-refractivity contribution in [2.24, 2.45) is 17.3 Å². The summed E-state index contributed by atoms with van der Waals surface area (Å²) in [7, 11) is 0. The van der Waals surface area contributed by atoms with Gasteiger partial charge in [0.05, 0.1) is 40.4 Å². The average Bonchev–Trinajstić information content (AvgIpc) is 3.40. The molecule has 2 aliphatic heterocycles. The molecule has 1 aromatic heterocycles. The predicted octanol–water partition coefficient (Wildman–Crippen LogP) is 3.92. The molecule has 0 bridgehead atoms. The van der Waals surface area contributed by atoms with Crippen molar-refractivity contribution in [3.63, 3.8) is 0 Å². The zero-order valence-electron chi connectivity index (χ0n) is 22.3. The van der Waals surface area contributed by atoms with E-state index in [-0.39, 0.29) is 11.7 Å². The Morgan fingerprint density at radius 2 is 1.89 bits per heavy atom. The summed E-state index contributed by atoms with van der Waals surface area (Å²) >= 11 is 1.50. The van der Waals surface area contributed by atoms with Crippen LogP contribution in [0.2, 0.25) is 0 Å². The number of rotatable bonds is 2. The molecule has 1 fully saturated rings. The second-order valence-electron chi connectivity index (χ2n) is 10.7. The number of nitrogens with zero attached hydrogens (tertiary/aromatic N) is 1. The van der Waals surface area contributed by atoms with Crippen LogP contribution in [0.5, 0.6) is 0 Å². The molecule has 0 saturated carbocycles. The van der Waals surface area contributed by atoms with E-state index < -0.39 is 54.2 Å². The van der Waals surface area contributed by atoms with Crippen molar-refractivity contribution in [3.8, 4) is 0 Å². The first-order valence-corrected chi connectivity index (χ1v) is 13.6. The average molecular weight is 535 g/mol. The van der Waals surface area contributed by atoms with Crippen LogP contribution in [0.4, 0.5) is 4.79 Å². The number of hydrogen-bond acceptors (Lipinski definition) is 9. The highest BCUT2D eigenvalue weighted by molar-refractivity contribution is 7.09. The molecule has 1 aromatic rings. The summed E-state index contributed by atoms with van der Waals surface area (Å²) in [6.45, 7) is 10.4. The Bertz CT molecular complexity index is 1080. The van der Waals surface area contributed by atoms with E-state index in [1.165, 1.54) is 11.3 Å². The largest absolute Gasteiger partial charge is 0.453 e. The minimum atomic E-state index is -1.31. The first kappa shape index (κ1) is 29.0. The molecule has 3 heterocycles. The van der Waals surface area contributed by atoms with Crippen molar-refractivity contribution >= 4 is 35.3 Å². The molecule has 2 aliphatic rings. The summed E-state index contributed by atoms with van der Waals surface area (Å²) in [6.07, 6.45) is 0.580. The van der Waals surface area contributed by atoms with E-state index in [0.717, 1.165) is 10.7 Å². The molecule has 3 rings (SSSR count). The van der Waals surface area contributed by atoms with E-state index in [1.807, 2.05) is 19.2 Å². The molecule has 10 heteroatoms. The maximum absolute atomic E-state index is 13.2. The van der Waals surface area contributed by atoms with Crippen LogP contribution in [-0.4, -0.2) is 57.5 Å². The summed E-state index contributed by atoms with van der Waals surface area (Å²) in [5.41, 5.74) is 0.612. The summed E-state index contributed by atoms with van der Waals surface area (Å²) in [5.74, 6) is -1.94. The number of Topliss-reactive ketones (excluding diaryl/α,β-unsaturated/α-hetero) is 1. The number of esters is 1. The molecule has 6 atom stereocenters. The maximum Gasteiger partial charge on any atom is 0.412 e. The van der Waals surface area contributed by atoms with E-state index in [9.17, 15) is 24.6 Å². The van der Waals surface area contributed by atoms with Crippen LogP contribution in [-0.2, 0) is 19.1 Å². The number of nitrogens with one attached hydrogen (secondary N) is 1. The SMILES string of the molecule is C/C(=C\c1csc(C)n1)[C@@H]1/C=C2\NC(=O)OC2CCCC(C)[C@H](O)C(C)C(=O)C(C)(C)C(O)CC(=O)O1. The van der Waals surface area contributed by atoms with Gasteiger partial charge in [0, 0.05) is 11.3 Å². The highest BCUT2D eigenvalue weighted by atomic mass is 32.1. The van der Waals surface area contributed by atoms with E-state index in [2.05, 4.69) is 10.3 Å². The second kappa shape index (κ2) is 11.9. The van der Waals surface area contributed by atoms with Gasteiger partial charge in [-0.2, -0.15) is 0 Å². The molecule has 4 unspecified atom stereocenters. The third-order valence-electron chi connectivity index (χ3n) is 7.36. The minimum absolute atomic E-state index is 0.193. The number of aryl methyl sites for hydroxylation is 1. The Morgan fingerprint density at radius 1 is 1.19 bits per heavy atom. The summed E-state index contributed by atoms with van der Waals surface area (Å²) in [6, 6.07) is 0. The third-order valence-corrected chi connectivity index (χ3v) is 8.15. The van der Waals surface area contributed by atoms with Crippen LogP contribution in [0, 0.1) is 24.2 Å². The fraction of sp³-hybridized carbons (Fsp3) is 0.630. The summed E-state index contributed by atoms with van der Waals surface area (Å²) in [4.78, 5) is 42.7. The Balaban J connectivity index is 1.97. The van der Waals surface area contributed by atoms with Gasteiger partial charge in [-0.3, -0.25) is 14.9 Å². The third kappa shape index (κ3) is 7.06. The molecule has 9 nitrogen and oxygen atoms in total. The number of aliphatic hydroxyl groups excluding tert-OH is 2. The van der Waals surface area contributed by atoms with E-state index in [1.54, 1.807) is 39.8 Å². The number of fused-ring (bicyclic) bond motifs is 1. The molecule has 1 saturated heterocycles. The number of cyclic esters (lactones) is 1. The Hall–Kier alpha value is -2.56. The van der Waals surface area contributed by atoms with Gasteiger partial charge in [0.15, 0.2) is 0 Å². The van der Waals surface area contributed by atoms with Crippen LogP contribution in [0.25, 0.3) is 6.08 Å². The van der Waals surface area contributed by atoms with Gasteiger partial charge in [-0.25, -0.2) is 9.78 Å².